The summed E-state index contributed by atoms with van der Waals surface area (Å²) < 4.78 is 8.58. The zero-order valence-electron chi connectivity index (χ0n) is 33.9. The number of nitrogens with two attached hydrogens (primary N) is 1. The standard InChI is InChI=1S/C11H16N2O5.C9H18O2S2.C6H12O3.C5H10O3.C4H11NO2S2.CH4/c12-18-7-9(15)2-1-8(14)5-6-13-10(16)3-4-11(13)17;1-3-8(10)4-5-9(11)6-7-13-12-2;1-3-5(7)4-6(8)9-2;1-2-5(7)3-8-4-6;1-8-9-3-4(6)2-5-7;/h3-4,9,15H,1-2,5-7,12H2;8,10H,3-7H2,1-2H3;5,7H,3-4H2,1-2H3;4-5,7H,2-3H2,1H3;4-7H,2-3H2,1H3;1H4. The second-order valence-electron chi connectivity index (χ2n) is 11.7. The molecule has 1 aliphatic rings. The van der Waals surface area contributed by atoms with Crippen molar-refractivity contribution in [3.8, 4) is 0 Å². The van der Waals surface area contributed by atoms with Gasteiger partial charge in [-0.25, -0.2) is 11.4 Å². The van der Waals surface area contributed by atoms with Crippen LogP contribution in [0.3, 0.4) is 0 Å². The number of hydrogen-bond acceptors (Lipinski definition) is 21. The first-order valence-electron chi connectivity index (χ1n) is 18.2. The zero-order valence-corrected chi connectivity index (χ0v) is 37.2. The van der Waals surface area contributed by atoms with Crippen LogP contribution < -0.4 is 11.4 Å². The molecule has 1 heterocycles. The van der Waals surface area contributed by atoms with Crippen molar-refractivity contribution in [3.63, 3.8) is 0 Å². The van der Waals surface area contributed by atoms with Gasteiger partial charge in [0.2, 0.25) is 0 Å². The molecule has 0 saturated carbocycles. The summed E-state index contributed by atoms with van der Waals surface area (Å²) >= 11 is 0. The number of aliphatic hydroxyl groups excluding tert-OH is 5. The Hall–Kier alpha value is -1.80. The van der Waals surface area contributed by atoms with Crippen LogP contribution in [0.2, 0.25) is 0 Å². The molecule has 344 valence electrons. The highest BCUT2D eigenvalue weighted by Crippen LogP contribution is 2.18. The molecule has 0 spiro atoms. The largest absolute Gasteiger partial charge is 0.469 e. The van der Waals surface area contributed by atoms with Crippen molar-refractivity contribution in [2.45, 2.75) is 123 Å². The van der Waals surface area contributed by atoms with Crippen molar-refractivity contribution in [2.75, 3.05) is 57.4 Å². The minimum Gasteiger partial charge on any atom is -0.469 e. The maximum absolute atomic E-state index is 11.5. The van der Waals surface area contributed by atoms with Crippen LogP contribution in [0.25, 0.3) is 0 Å². The van der Waals surface area contributed by atoms with Gasteiger partial charge in [0.25, 0.3) is 18.3 Å². The topological polar surface area (TPSA) is 293 Å². The molecule has 0 fully saturated rings. The lowest BCUT2D eigenvalue weighted by Crippen LogP contribution is -2.32. The van der Waals surface area contributed by atoms with Crippen molar-refractivity contribution in [2.24, 2.45) is 5.90 Å². The Morgan fingerprint density at radius 2 is 1.31 bits per heavy atom. The van der Waals surface area contributed by atoms with Gasteiger partial charge in [-0.3, -0.25) is 33.7 Å². The van der Waals surface area contributed by atoms with Gasteiger partial charge >= 0.3 is 5.97 Å². The Labute approximate surface area is 360 Å². The number of hydrogen-bond donors (Lipinski definition) is 8. The number of carbonyl (C=O) groups excluding carboxylic acids is 6. The molecule has 0 bridgehead atoms. The first kappa shape index (κ1) is 65.3. The number of ketones is 2. The minimum atomic E-state index is -0.782. The molecule has 22 heteroatoms. The van der Waals surface area contributed by atoms with Gasteiger partial charge < -0.3 is 45.1 Å². The van der Waals surface area contributed by atoms with E-state index in [1.54, 1.807) is 43.2 Å². The Morgan fingerprint density at radius 3 is 1.76 bits per heavy atom. The number of aliphatic hydroxyl groups is 5. The molecule has 0 aliphatic carbocycles. The third-order valence-corrected chi connectivity index (χ3v) is 10.7. The highest BCUT2D eigenvalue weighted by atomic mass is 33.1. The molecule has 0 aromatic heterocycles. The molecule has 5 unspecified atom stereocenters. The smallest absolute Gasteiger partial charge is 0.308 e. The number of methoxy groups -OCH3 is 1. The number of imide groups is 1. The quantitative estimate of drug-likeness (QED) is 0.0140. The highest BCUT2D eigenvalue weighted by molar-refractivity contribution is 8.76. The van der Waals surface area contributed by atoms with Gasteiger partial charge in [-0.1, -0.05) is 71.4 Å². The van der Waals surface area contributed by atoms with Crippen molar-refractivity contribution in [1.29, 1.82) is 0 Å². The number of nitrogens with one attached hydrogen (secondary N) is 1. The van der Waals surface area contributed by atoms with Gasteiger partial charge in [0, 0.05) is 62.4 Å². The summed E-state index contributed by atoms with van der Waals surface area (Å²) in [5, 5.41) is 53.1. The number of Topliss-reactive ketones (excluding diaryl/α,β-unsaturated/α-hetero) is 2. The molecule has 58 heavy (non-hydrogen) atoms. The first-order chi connectivity index (χ1) is 27.1. The summed E-state index contributed by atoms with van der Waals surface area (Å²) in [6, 6.07) is 0. The van der Waals surface area contributed by atoms with Crippen molar-refractivity contribution in [3.05, 3.63) is 12.2 Å². The third-order valence-electron chi connectivity index (χ3n) is 7.00. The number of amides is 2. The van der Waals surface area contributed by atoms with Gasteiger partial charge in [-0.2, -0.15) is 0 Å². The Morgan fingerprint density at radius 1 is 0.793 bits per heavy atom. The Bertz CT molecular complexity index is 1050. The van der Waals surface area contributed by atoms with Crippen LogP contribution in [0.15, 0.2) is 12.2 Å². The van der Waals surface area contributed by atoms with Crippen LogP contribution in [0.1, 0.15) is 92.4 Å². The van der Waals surface area contributed by atoms with E-state index in [4.69, 9.17) is 26.4 Å². The average Bonchev–Trinajstić information content (AvgIpc) is 3.53. The van der Waals surface area contributed by atoms with Gasteiger partial charge in [-0.15, -0.1) is 0 Å². The van der Waals surface area contributed by atoms with Crippen LogP contribution >= 0.6 is 43.2 Å². The highest BCUT2D eigenvalue weighted by Gasteiger charge is 2.23. The molecule has 5 atom stereocenters. The van der Waals surface area contributed by atoms with E-state index in [1.165, 1.54) is 19.3 Å². The molecule has 2 amide bonds. The molecule has 1 aliphatic heterocycles. The van der Waals surface area contributed by atoms with Crippen molar-refractivity contribution >= 4 is 79.0 Å². The van der Waals surface area contributed by atoms with Crippen LogP contribution in [-0.4, -0.2) is 159 Å². The van der Waals surface area contributed by atoms with Gasteiger partial charge in [-0.05, 0) is 44.6 Å². The minimum absolute atomic E-state index is 0. The number of hydroxylamine groups is 1. The average molecular weight is 914 g/mol. The third kappa shape index (κ3) is 46.9. The summed E-state index contributed by atoms with van der Waals surface area (Å²) in [4.78, 5) is 70.2. The summed E-state index contributed by atoms with van der Waals surface area (Å²) in [6.07, 6.45) is 8.09. The Kier molecular flexibility index (Phi) is 53.9. The molecule has 18 nitrogen and oxygen atoms in total. The summed E-state index contributed by atoms with van der Waals surface area (Å²) in [5.41, 5.74) is 1.90. The van der Waals surface area contributed by atoms with Crippen LogP contribution in [0, 0.1) is 0 Å². The van der Waals surface area contributed by atoms with Crippen LogP contribution in [-0.2, 0) is 43.1 Å². The Balaban J connectivity index is -0.000000209. The number of carbonyl (C=O) groups is 6. The van der Waals surface area contributed by atoms with Crippen LogP contribution in [0.5, 0.6) is 0 Å². The number of esters is 1. The fraction of sp³-hybridized carbons (Fsp3) is 0.778. The molecule has 1 rings (SSSR count). The van der Waals surface area contributed by atoms with E-state index >= 15 is 0 Å². The van der Waals surface area contributed by atoms with E-state index in [-0.39, 0.29) is 83.1 Å². The lowest BCUT2D eigenvalue weighted by atomic mass is 10.1. The fourth-order valence-electron chi connectivity index (χ4n) is 3.43. The summed E-state index contributed by atoms with van der Waals surface area (Å²) in [6.45, 7) is 6.30. The van der Waals surface area contributed by atoms with Gasteiger partial charge in [0.15, 0.2) is 0 Å². The van der Waals surface area contributed by atoms with Crippen molar-refractivity contribution in [1.82, 2.24) is 10.4 Å². The van der Waals surface area contributed by atoms with Gasteiger partial charge in [0.05, 0.1) is 50.7 Å². The lowest BCUT2D eigenvalue weighted by molar-refractivity contribution is -0.143. The molecule has 0 aromatic rings. The van der Waals surface area contributed by atoms with E-state index in [0.717, 1.165) is 17.1 Å². The molecular formula is C36H71N3O15S4. The van der Waals surface area contributed by atoms with E-state index in [1.807, 2.05) is 38.8 Å². The normalized spacial score (nSPS) is 13.8. The molecule has 0 radical (unpaired) electrons. The lowest BCUT2D eigenvalue weighted by Gasteiger charge is -2.13. The maximum atomic E-state index is 11.5. The second-order valence-corrected chi connectivity index (χ2v) is 16.9. The predicted octanol–water partition coefficient (Wildman–Crippen LogP) is 2.63. The number of ether oxygens (including phenoxy) is 2. The maximum Gasteiger partial charge on any atom is 0.308 e. The van der Waals surface area contributed by atoms with Crippen molar-refractivity contribution < 1.29 is 73.8 Å². The summed E-state index contributed by atoms with van der Waals surface area (Å²) in [5.74, 6) is 5.30. The second kappa shape index (κ2) is 47.9. The predicted molar refractivity (Wildman–Crippen MR) is 232 cm³/mol. The van der Waals surface area contributed by atoms with E-state index in [2.05, 4.69) is 14.3 Å². The van der Waals surface area contributed by atoms with Gasteiger partial charge in [0.1, 0.15) is 18.2 Å². The first-order valence-corrected chi connectivity index (χ1v) is 23.6. The van der Waals surface area contributed by atoms with E-state index < -0.39 is 36.2 Å². The molecule has 0 aromatic carbocycles. The van der Waals surface area contributed by atoms with E-state index in [9.17, 15) is 39.0 Å². The number of nitrogens with zero attached hydrogens (tertiary/aromatic N) is 1. The van der Waals surface area contributed by atoms with Crippen LogP contribution in [0.4, 0.5) is 0 Å². The fourth-order valence-corrected chi connectivity index (χ4v) is 5.95. The summed E-state index contributed by atoms with van der Waals surface area (Å²) in [7, 11) is 7.88. The SMILES string of the molecule is C.CCC(O)CC(=O)OC.CCC(O)CCC(=O)CCSSC.CCC(O)COC=O.CSSCC(O)CNO.NOCC(O)CCC(=O)CCN1C(=O)C=CC1=O. The monoisotopic (exact) mass is 913 g/mol. The number of rotatable bonds is 28. The molecular weight excluding hydrogens is 843 g/mol. The zero-order chi connectivity index (χ0) is 44.4. The molecule has 0 saturated heterocycles. The van der Waals surface area contributed by atoms with E-state index in [0.29, 0.717) is 44.3 Å². The molecule has 9 N–H and O–H groups in total.